The molecule has 0 amide bonds. The predicted molar refractivity (Wildman–Crippen MR) is 80.4 cm³/mol. The van der Waals surface area contributed by atoms with Gasteiger partial charge in [0.05, 0.1) is 7.11 Å². The Morgan fingerprint density at radius 2 is 1.95 bits per heavy atom. The van der Waals surface area contributed by atoms with E-state index >= 15 is 0 Å². The first-order valence-corrected chi connectivity index (χ1v) is 7.47. The fourth-order valence-corrected chi connectivity index (χ4v) is 3.32. The van der Waals surface area contributed by atoms with Crippen molar-refractivity contribution in [2.75, 3.05) is 7.11 Å². The average Bonchev–Trinajstić information content (AvgIpc) is 2.43. The molecule has 0 radical (unpaired) electrons. The van der Waals surface area contributed by atoms with Gasteiger partial charge < -0.3 is 10.5 Å². The lowest BCUT2D eigenvalue weighted by Gasteiger charge is -2.43. The summed E-state index contributed by atoms with van der Waals surface area (Å²) in [7, 11) is 1.70. The molecule has 1 saturated carbocycles. The number of methoxy groups -OCH3 is 1. The molecule has 106 valence electrons. The normalized spacial score (nSPS) is 31.2. The molecule has 0 heterocycles. The van der Waals surface area contributed by atoms with Crippen LogP contribution in [-0.2, 0) is 6.42 Å². The Balaban J connectivity index is 1.96. The summed E-state index contributed by atoms with van der Waals surface area (Å²) >= 11 is 0. The molecule has 3 atom stereocenters. The summed E-state index contributed by atoms with van der Waals surface area (Å²) in [5, 5.41) is 0. The Hall–Kier alpha value is -1.02. The van der Waals surface area contributed by atoms with Crippen LogP contribution in [0.25, 0.3) is 0 Å². The zero-order valence-corrected chi connectivity index (χ0v) is 12.5. The quantitative estimate of drug-likeness (QED) is 0.895. The lowest BCUT2D eigenvalue weighted by atomic mass is 9.67. The van der Waals surface area contributed by atoms with Gasteiger partial charge >= 0.3 is 0 Å². The number of aryl methyl sites for hydroxylation is 1. The van der Waals surface area contributed by atoms with E-state index in [0.717, 1.165) is 24.5 Å². The number of benzene rings is 1. The summed E-state index contributed by atoms with van der Waals surface area (Å²) in [6.07, 6.45) is 5.95. The third kappa shape index (κ3) is 3.30. The van der Waals surface area contributed by atoms with E-state index in [1.54, 1.807) is 7.11 Å². The van der Waals surface area contributed by atoms with Gasteiger partial charge in [-0.25, -0.2) is 0 Å². The minimum absolute atomic E-state index is 0.0254. The minimum atomic E-state index is 0.0254. The van der Waals surface area contributed by atoms with Crippen LogP contribution in [0.4, 0.5) is 0 Å². The van der Waals surface area contributed by atoms with Crippen LogP contribution >= 0.6 is 0 Å². The van der Waals surface area contributed by atoms with Crippen molar-refractivity contribution >= 4 is 0 Å². The van der Waals surface area contributed by atoms with Crippen LogP contribution in [0.15, 0.2) is 24.3 Å². The van der Waals surface area contributed by atoms with E-state index in [0.29, 0.717) is 5.92 Å². The molecule has 1 aromatic carbocycles. The van der Waals surface area contributed by atoms with Gasteiger partial charge in [0, 0.05) is 5.54 Å². The largest absolute Gasteiger partial charge is 0.497 e. The molecule has 0 aliphatic heterocycles. The zero-order chi connectivity index (χ0) is 13.9. The van der Waals surface area contributed by atoms with Crippen molar-refractivity contribution in [3.05, 3.63) is 29.8 Å². The third-order valence-corrected chi connectivity index (χ3v) is 5.10. The summed E-state index contributed by atoms with van der Waals surface area (Å²) in [5.41, 5.74) is 8.06. The van der Waals surface area contributed by atoms with Gasteiger partial charge in [0.25, 0.3) is 0 Å². The molecule has 3 unspecified atom stereocenters. The Morgan fingerprint density at radius 3 is 2.58 bits per heavy atom. The Bertz CT molecular complexity index is 400. The second kappa shape index (κ2) is 5.96. The first kappa shape index (κ1) is 14.4. The summed E-state index contributed by atoms with van der Waals surface area (Å²) in [4.78, 5) is 0. The number of hydrogen-bond acceptors (Lipinski definition) is 2. The maximum Gasteiger partial charge on any atom is 0.118 e. The molecule has 1 aliphatic carbocycles. The van der Waals surface area contributed by atoms with Gasteiger partial charge in [0.15, 0.2) is 0 Å². The molecule has 1 aromatic rings. The molecule has 0 saturated heterocycles. The lowest BCUT2D eigenvalue weighted by Crippen LogP contribution is -2.51. The molecule has 2 N–H and O–H groups in total. The van der Waals surface area contributed by atoms with Crippen molar-refractivity contribution in [2.45, 2.75) is 51.5 Å². The zero-order valence-electron chi connectivity index (χ0n) is 12.5. The Labute approximate surface area is 117 Å². The fraction of sp³-hybridized carbons (Fsp3) is 0.647. The summed E-state index contributed by atoms with van der Waals surface area (Å²) in [5.74, 6) is 2.31. The molecule has 1 fully saturated rings. The van der Waals surface area contributed by atoms with Gasteiger partial charge in [-0.15, -0.1) is 0 Å². The number of ether oxygens (including phenoxy) is 1. The molecule has 2 heteroatoms. The molecule has 2 nitrogen and oxygen atoms in total. The first-order chi connectivity index (χ1) is 9.05. The van der Waals surface area contributed by atoms with Gasteiger partial charge in [-0.1, -0.05) is 38.8 Å². The van der Waals surface area contributed by atoms with E-state index in [-0.39, 0.29) is 5.54 Å². The highest BCUT2D eigenvalue weighted by Crippen LogP contribution is 2.38. The van der Waals surface area contributed by atoms with Crippen molar-refractivity contribution in [2.24, 2.45) is 17.6 Å². The molecule has 0 bridgehead atoms. The highest BCUT2D eigenvalue weighted by atomic mass is 16.5. The number of rotatable bonds is 4. The minimum Gasteiger partial charge on any atom is -0.497 e. The van der Waals surface area contributed by atoms with Gasteiger partial charge in [-0.3, -0.25) is 0 Å². The molecular weight excluding hydrogens is 234 g/mol. The van der Waals surface area contributed by atoms with Crippen molar-refractivity contribution in [1.82, 2.24) is 0 Å². The molecule has 0 aromatic heterocycles. The van der Waals surface area contributed by atoms with Crippen LogP contribution in [0, 0.1) is 11.8 Å². The van der Waals surface area contributed by atoms with Gasteiger partial charge in [0.2, 0.25) is 0 Å². The van der Waals surface area contributed by atoms with Gasteiger partial charge in [-0.05, 0) is 48.8 Å². The molecular formula is C17H27NO. The summed E-state index contributed by atoms with van der Waals surface area (Å²) in [6.45, 7) is 4.68. The maximum atomic E-state index is 6.67. The molecule has 2 rings (SSSR count). The summed E-state index contributed by atoms with van der Waals surface area (Å²) < 4.78 is 5.19. The van der Waals surface area contributed by atoms with Crippen LogP contribution in [0.5, 0.6) is 5.75 Å². The second-order valence-corrected chi connectivity index (χ2v) is 6.24. The van der Waals surface area contributed by atoms with E-state index in [4.69, 9.17) is 10.5 Å². The third-order valence-electron chi connectivity index (χ3n) is 5.10. The van der Waals surface area contributed by atoms with E-state index in [2.05, 4.69) is 26.0 Å². The number of hydrogen-bond donors (Lipinski definition) is 1. The fourth-order valence-electron chi connectivity index (χ4n) is 3.32. The van der Waals surface area contributed by atoms with E-state index in [1.807, 2.05) is 12.1 Å². The van der Waals surface area contributed by atoms with Crippen LogP contribution in [-0.4, -0.2) is 12.6 Å². The second-order valence-electron chi connectivity index (χ2n) is 6.24. The van der Waals surface area contributed by atoms with Gasteiger partial charge in [0.1, 0.15) is 5.75 Å². The molecule has 19 heavy (non-hydrogen) atoms. The van der Waals surface area contributed by atoms with E-state index in [9.17, 15) is 0 Å². The van der Waals surface area contributed by atoms with Crippen LogP contribution in [0.2, 0.25) is 0 Å². The van der Waals surface area contributed by atoms with E-state index < -0.39 is 0 Å². The summed E-state index contributed by atoms with van der Waals surface area (Å²) in [6, 6.07) is 8.37. The monoisotopic (exact) mass is 261 g/mol. The Kier molecular flexibility index (Phi) is 4.51. The van der Waals surface area contributed by atoms with Gasteiger partial charge in [-0.2, -0.15) is 0 Å². The predicted octanol–water partition coefficient (Wildman–Crippen LogP) is 3.78. The van der Waals surface area contributed by atoms with Crippen LogP contribution in [0.3, 0.4) is 0 Å². The van der Waals surface area contributed by atoms with Crippen molar-refractivity contribution in [1.29, 1.82) is 0 Å². The van der Waals surface area contributed by atoms with Crippen molar-refractivity contribution in [3.63, 3.8) is 0 Å². The average molecular weight is 261 g/mol. The van der Waals surface area contributed by atoms with Crippen LogP contribution in [0.1, 0.15) is 45.1 Å². The standard InChI is InChI=1S/C17H27NO/c1-13-5-4-11-17(18,14(13)2)12-10-15-6-8-16(19-3)9-7-15/h6-9,13-14H,4-5,10-12,18H2,1-3H3. The molecule has 0 spiro atoms. The highest BCUT2D eigenvalue weighted by Gasteiger charge is 2.37. The molecule has 1 aliphatic rings. The Morgan fingerprint density at radius 1 is 1.26 bits per heavy atom. The topological polar surface area (TPSA) is 35.2 Å². The van der Waals surface area contributed by atoms with Crippen LogP contribution < -0.4 is 10.5 Å². The smallest absolute Gasteiger partial charge is 0.118 e. The number of nitrogens with two attached hydrogens (primary N) is 1. The highest BCUT2D eigenvalue weighted by molar-refractivity contribution is 5.27. The van der Waals surface area contributed by atoms with Crippen molar-refractivity contribution in [3.8, 4) is 5.75 Å². The van der Waals surface area contributed by atoms with E-state index in [1.165, 1.54) is 24.8 Å². The lowest BCUT2D eigenvalue weighted by molar-refractivity contribution is 0.135. The SMILES string of the molecule is COc1ccc(CCC2(N)CCCC(C)C2C)cc1. The maximum absolute atomic E-state index is 6.67. The van der Waals surface area contributed by atoms with Crippen molar-refractivity contribution < 1.29 is 4.74 Å². The first-order valence-electron chi connectivity index (χ1n) is 7.47.